The van der Waals surface area contributed by atoms with E-state index in [4.69, 9.17) is 0 Å². The van der Waals surface area contributed by atoms with E-state index >= 15 is 0 Å². The minimum atomic E-state index is -0.379. The first kappa shape index (κ1) is 13.3. The van der Waals surface area contributed by atoms with Gasteiger partial charge in [-0.1, -0.05) is 13.8 Å². The van der Waals surface area contributed by atoms with Gasteiger partial charge >= 0.3 is 0 Å². The number of rotatable bonds is 4. The standard InChI is InChI=1S/C14H20F2N2/c1-10(2)17-8-11-5-6-18(9-11)14-7-12(15)3-4-13(14)16/h3-4,7,10-11,17H,5-6,8-9H2,1-2H3. The summed E-state index contributed by atoms with van der Waals surface area (Å²) in [6, 6.07) is 4.11. The van der Waals surface area contributed by atoms with E-state index in [0.717, 1.165) is 32.1 Å². The lowest BCUT2D eigenvalue weighted by molar-refractivity contribution is 0.479. The van der Waals surface area contributed by atoms with Gasteiger partial charge in [0.05, 0.1) is 5.69 Å². The highest BCUT2D eigenvalue weighted by atomic mass is 19.1. The molecule has 1 unspecified atom stereocenters. The Morgan fingerprint density at radius 3 is 2.89 bits per heavy atom. The van der Waals surface area contributed by atoms with Crippen LogP contribution in [0.4, 0.5) is 14.5 Å². The van der Waals surface area contributed by atoms with Gasteiger partial charge in [-0.15, -0.1) is 0 Å². The Morgan fingerprint density at radius 1 is 1.39 bits per heavy atom. The molecule has 0 bridgehead atoms. The highest BCUT2D eigenvalue weighted by molar-refractivity contribution is 5.48. The molecule has 1 saturated heterocycles. The maximum absolute atomic E-state index is 13.6. The summed E-state index contributed by atoms with van der Waals surface area (Å²) in [6.07, 6.45) is 1.02. The molecule has 1 aliphatic heterocycles. The predicted octanol–water partition coefficient (Wildman–Crippen LogP) is 2.79. The molecule has 1 heterocycles. The molecule has 0 aliphatic carbocycles. The molecule has 4 heteroatoms. The SMILES string of the molecule is CC(C)NCC1CCN(c2cc(F)ccc2F)C1. The Hall–Kier alpha value is -1.16. The number of hydrogen-bond acceptors (Lipinski definition) is 2. The van der Waals surface area contributed by atoms with Gasteiger partial charge in [0, 0.05) is 25.2 Å². The van der Waals surface area contributed by atoms with Crippen LogP contribution in [0.25, 0.3) is 0 Å². The van der Waals surface area contributed by atoms with Gasteiger partial charge in [-0.05, 0) is 31.0 Å². The lowest BCUT2D eigenvalue weighted by atomic mass is 10.1. The van der Waals surface area contributed by atoms with Gasteiger partial charge < -0.3 is 10.2 Å². The summed E-state index contributed by atoms with van der Waals surface area (Å²) in [7, 11) is 0. The molecule has 0 radical (unpaired) electrons. The van der Waals surface area contributed by atoms with E-state index in [2.05, 4.69) is 19.2 Å². The first-order valence-electron chi connectivity index (χ1n) is 6.49. The largest absolute Gasteiger partial charge is 0.369 e. The topological polar surface area (TPSA) is 15.3 Å². The summed E-state index contributed by atoms with van der Waals surface area (Å²) in [5, 5.41) is 3.39. The van der Waals surface area contributed by atoms with E-state index in [-0.39, 0.29) is 11.6 Å². The van der Waals surface area contributed by atoms with Crippen molar-refractivity contribution in [1.82, 2.24) is 5.32 Å². The van der Waals surface area contributed by atoms with Crippen LogP contribution in [0.15, 0.2) is 18.2 Å². The fourth-order valence-corrected chi connectivity index (χ4v) is 2.35. The second kappa shape index (κ2) is 5.65. The van der Waals surface area contributed by atoms with Crippen LogP contribution in [0.3, 0.4) is 0 Å². The summed E-state index contributed by atoms with van der Waals surface area (Å²) < 4.78 is 26.8. The van der Waals surface area contributed by atoms with Crippen LogP contribution in [0, 0.1) is 17.6 Å². The first-order valence-corrected chi connectivity index (χ1v) is 6.49. The van der Waals surface area contributed by atoms with Crippen LogP contribution in [0.2, 0.25) is 0 Å². The third-order valence-corrected chi connectivity index (χ3v) is 3.35. The van der Waals surface area contributed by atoms with Gasteiger partial charge in [0.25, 0.3) is 0 Å². The molecule has 0 saturated carbocycles. The van der Waals surface area contributed by atoms with Gasteiger partial charge in [-0.3, -0.25) is 0 Å². The van der Waals surface area contributed by atoms with Crippen molar-refractivity contribution in [3.05, 3.63) is 29.8 Å². The average Bonchev–Trinajstić information content (AvgIpc) is 2.78. The lowest BCUT2D eigenvalue weighted by Gasteiger charge is -2.20. The monoisotopic (exact) mass is 254 g/mol. The van der Waals surface area contributed by atoms with Crippen molar-refractivity contribution < 1.29 is 8.78 Å². The van der Waals surface area contributed by atoms with Crippen LogP contribution >= 0.6 is 0 Å². The van der Waals surface area contributed by atoms with Crippen LogP contribution in [0.5, 0.6) is 0 Å². The van der Waals surface area contributed by atoms with Crippen molar-refractivity contribution >= 4 is 5.69 Å². The highest BCUT2D eigenvalue weighted by Crippen LogP contribution is 2.26. The van der Waals surface area contributed by atoms with Gasteiger partial charge in [-0.2, -0.15) is 0 Å². The van der Waals surface area contributed by atoms with Crippen molar-refractivity contribution in [3.8, 4) is 0 Å². The highest BCUT2D eigenvalue weighted by Gasteiger charge is 2.24. The molecular formula is C14H20F2N2. The molecule has 100 valence electrons. The summed E-state index contributed by atoms with van der Waals surface area (Å²) in [4.78, 5) is 1.94. The summed E-state index contributed by atoms with van der Waals surface area (Å²) in [6.45, 7) is 6.74. The van der Waals surface area contributed by atoms with Gasteiger partial charge in [0.2, 0.25) is 0 Å². The summed E-state index contributed by atoms with van der Waals surface area (Å²) in [5.74, 6) is -0.209. The zero-order valence-electron chi connectivity index (χ0n) is 10.9. The smallest absolute Gasteiger partial charge is 0.146 e. The van der Waals surface area contributed by atoms with E-state index < -0.39 is 0 Å². The molecule has 2 rings (SSSR count). The zero-order chi connectivity index (χ0) is 13.1. The lowest BCUT2D eigenvalue weighted by Crippen LogP contribution is -2.30. The number of anilines is 1. The molecule has 1 fully saturated rings. The molecule has 18 heavy (non-hydrogen) atoms. The van der Waals surface area contributed by atoms with Gasteiger partial charge in [-0.25, -0.2) is 8.78 Å². The molecular weight excluding hydrogens is 234 g/mol. The number of hydrogen-bond donors (Lipinski definition) is 1. The Labute approximate surface area is 107 Å². The number of halogens is 2. The summed E-state index contributed by atoms with van der Waals surface area (Å²) in [5.41, 5.74) is 0.391. The fourth-order valence-electron chi connectivity index (χ4n) is 2.35. The van der Waals surface area contributed by atoms with Crippen molar-refractivity contribution in [2.45, 2.75) is 26.3 Å². The summed E-state index contributed by atoms with van der Waals surface area (Å²) >= 11 is 0. The maximum Gasteiger partial charge on any atom is 0.146 e. The van der Waals surface area contributed by atoms with Gasteiger partial charge in [0.15, 0.2) is 0 Å². The number of benzene rings is 1. The Bertz CT molecular complexity index is 407. The van der Waals surface area contributed by atoms with Crippen LogP contribution in [-0.4, -0.2) is 25.7 Å². The Morgan fingerprint density at radius 2 is 2.17 bits per heavy atom. The normalized spacial score (nSPS) is 19.8. The third kappa shape index (κ3) is 3.19. The molecule has 1 aromatic rings. The molecule has 1 aliphatic rings. The van der Waals surface area contributed by atoms with Crippen LogP contribution in [0.1, 0.15) is 20.3 Å². The average molecular weight is 254 g/mol. The quantitative estimate of drug-likeness (QED) is 0.889. The Kier molecular flexibility index (Phi) is 4.17. The van der Waals surface area contributed by atoms with Crippen molar-refractivity contribution in [1.29, 1.82) is 0 Å². The first-order chi connectivity index (χ1) is 8.56. The van der Waals surface area contributed by atoms with Crippen molar-refractivity contribution in [3.63, 3.8) is 0 Å². The molecule has 1 N–H and O–H groups in total. The van der Waals surface area contributed by atoms with E-state index in [9.17, 15) is 8.78 Å². The molecule has 1 atom stereocenters. The second-order valence-corrected chi connectivity index (χ2v) is 5.26. The number of nitrogens with one attached hydrogen (secondary N) is 1. The predicted molar refractivity (Wildman–Crippen MR) is 69.8 cm³/mol. The Balaban J connectivity index is 1.97. The van der Waals surface area contributed by atoms with Crippen LogP contribution < -0.4 is 10.2 Å². The number of nitrogens with zero attached hydrogens (tertiary/aromatic N) is 1. The van der Waals surface area contributed by atoms with Gasteiger partial charge in [0.1, 0.15) is 11.6 Å². The van der Waals surface area contributed by atoms with Crippen molar-refractivity contribution in [2.75, 3.05) is 24.5 Å². The fraction of sp³-hybridized carbons (Fsp3) is 0.571. The second-order valence-electron chi connectivity index (χ2n) is 5.26. The molecule has 0 aromatic heterocycles. The van der Waals surface area contributed by atoms with Crippen LogP contribution in [-0.2, 0) is 0 Å². The van der Waals surface area contributed by atoms with E-state index in [0.29, 0.717) is 17.6 Å². The van der Waals surface area contributed by atoms with E-state index in [1.54, 1.807) is 0 Å². The zero-order valence-corrected chi connectivity index (χ0v) is 10.9. The third-order valence-electron chi connectivity index (χ3n) is 3.35. The molecule has 0 spiro atoms. The van der Waals surface area contributed by atoms with E-state index in [1.165, 1.54) is 12.1 Å². The van der Waals surface area contributed by atoms with Crippen molar-refractivity contribution in [2.24, 2.45) is 5.92 Å². The van der Waals surface area contributed by atoms with E-state index in [1.807, 2.05) is 4.90 Å². The maximum atomic E-state index is 13.6. The molecule has 1 aromatic carbocycles. The minimum absolute atomic E-state index is 0.339. The minimum Gasteiger partial charge on any atom is -0.369 e. The molecule has 2 nitrogen and oxygen atoms in total. The molecule has 0 amide bonds.